The molecule has 132 valence electrons. The fraction of sp³-hybridized carbons (Fsp3) is 0. The zero-order chi connectivity index (χ0) is 19.6. The van der Waals surface area contributed by atoms with Crippen molar-refractivity contribution in [3.63, 3.8) is 0 Å². The van der Waals surface area contributed by atoms with Gasteiger partial charge in [0.05, 0.1) is 24.6 Å². The van der Waals surface area contributed by atoms with Crippen molar-refractivity contribution < 1.29 is 29.6 Å². The van der Waals surface area contributed by atoms with Gasteiger partial charge in [0.2, 0.25) is 0 Å². The summed E-state index contributed by atoms with van der Waals surface area (Å²) in [6, 6.07) is 0. The van der Waals surface area contributed by atoms with E-state index >= 15 is 0 Å². The van der Waals surface area contributed by atoms with Crippen LogP contribution in [0.25, 0.3) is 0 Å². The Morgan fingerprint density at radius 1 is 0.480 bits per heavy atom. The standard InChI is InChI=1S/C6HN7O12/c14-8(15)2-1(7-13(24)25)3(9(16)17)5(11(20)21)6(12(22)23)4(2)10(18)19/h7H. The van der Waals surface area contributed by atoms with Gasteiger partial charge in [-0.15, -0.1) is 0 Å². The maximum Gasteiger partial charge on any atom is 0.437 e. The van der Waals surface area contributed by atoms with Gasteiger partial charge in [-0.3, -0.25) is 50.6 Å². The molecule has 0 fully saturated rings. The lowest BCUT2D eigenvalue weighted by molar-refractivity contribution is -0.465. The highest BCUT2D eigenvalue weighted by molar-refractivity contribution is 5.94. The first-order valence-electron chi connectivity index (χ1n) is 5.28. The number of rotatable bonds is 7. The van der Waals surface area contributed by atoms with E-state index in [1.165, 1.54) is 0 Å². The van der Waals surface area contributed by atoms with Gasteiger partial charge in [-0.2, -0.15) is 0 Å². The molecular formula is C6HN7O12. The Kier molecular flexibility index (Phi) is 4.63. The highest BCUT2D eigenvalue weighted by Crippen LogP contribution is 2.54. The molecule has 0 aliphatic heterocycles. The number of nitro benzene ring substituents is 5. The van der Waals surface area contributed by atoms with E-state index < -0.39 is 63.8 Å². The Morgan fingerprint density at radius 2 is 0.720 bits per heavy atom. The van der Waals surface area contributed by atoms with Crippen molar-refractivity contribution in [2.75, 3.05) is 5.43 Å². The van der Waals surface area contributed by atoms with E-state index in [0.29, 0.717) is 0 Å². The third-order valence-corrected chi connectivity index (χ3v) is 2.49. The number of hydrazine groups is 1. The first-order valence-corrected chi connectivity index (χ1v) is 5.28. The Bertz CT molecular complexity index is 807. The molecule has 0 aliphatic rings. The van der Waals surface area contributed by atoms with Gasteiger partial charge in [-0.05, 0) is 0 Å². The quantitative estimate of drug-likeness (QED) is 0.519. The Balaban J connectivity index is 4.41. The van der Waals surface area contributed by atoms with Crippen molar-refractivity contribution in [2.24, 2.45) is 0 Å². The molecule has 0 amide bonds. The summed E-state index contributed by atoms with van der Waals surface area (Å²) >= 11 is 0. The highest BCUT2D eigenvalue weighted by atomic mass is 16.7. The molecule has 0 radical (unpaired) electrons. The number of anilines is 1. The summed E-state index contributed by atoms with van der Waals surface area (Å²) in [6.45, 7) is 0. The van der Waals surface area contributed by atoms with Gasteiger partial charge in [0, 0.05) is 0 Å². The van der Waals surface area contributed by atoms with E-state index in [4.69, 9.17) is 0 Å². The molecule has 1 aromatic rings. The predicted molar refractivity (Wildman–Crippen MR) is 70.3 cm³/mol. The fourth-order valence-corrected chi connectivity index (χ4v) is 1.76. The van der Waals surface area contributed by atoms with Crippen molar-refractivity contribution in [3.8, 4) is 0 Å². The molecule has 0 unspecified atom stereocenters. The zero-order valence-electron chi connectivity index (χ0n) is 11.1. The second kappa shape index (κ2) is 6.27. The summed E-state index contributed by atoms with van der Waals surface area (Å²) in [5, 5.41) is 63.6. The molecule has 25 heavy (non-hydrogen) atoms. The second-order valence-corrected chi connectivity index (χ2v) is 3.77. The van der Waals surface area contributed by atoms with Crippen LogP contribution in [0.2, 0.25) is 0 Å². The molecule has 0 saturated carbocycles. The van der Waals surface area contributed by atoms with Gasteiger partial charge in [-0.25, -0.2) is 10.1 Å². The SMILES string of the molecule is O=[N+]([O-])Nc1c([N+](=O)[O-])c([N+](=O)[O-])c([N+](=O)[O-])c([N+](=O)[O-])c1[N+](=O)[O-]. The lowest BCUT2D eigenvalue weighted by Crippen LogP contribution is -2.15. The molecule has 0 heterocycles. The van der Waals surface area contributed by atoms with E-state index in [2.05, 4.69) is 0 Å². The van der Waals surface area contributed by atoms with E-state index in [0.717, 1.165) is 5.43 Å². The number of benzene rings is 1. The Morgan fingerprint density at radius 3 is 0.920 bits per heavy atom. The van der Waals surface area contributed by atoms with Crippen LogP contribution in [0, 0.1) is 60.7 Å². The minimum Gasteiger partial charge on any atom is -0.258 e. The average molecular weight is 363 g/mol. The third-order valence-electron chi connectivity index (χ3n) is 2.49. The first-order chi connectivity index (χ1) is 11.4. The lowest BCUT2D eigenvalue weighted by atomic mass is 10.1. The molecule has 19 nitrogen and oxygen atoms in total. The molecule has 0 bridgehead atoms. The topological polar surface area (TPSA) is 271 Å². The fourth-order valence-electron chi connectivity index (χ4n) is 1.76. The molecule has 0 aromatic heterocycles. The van der Waals surface area contributed by atoms with E-state index in [9.17, 15) is 60.7 Å². The van der Waals surface area contributed by atoms with Crippen molar-refractivity contribution in [1.29, 1.82) is 0 Å². The van der Waals surface area contributed by atoms with Crippen LogP contribution >= 0.6 is 0 Å². The summed E-state index contributed by atoms with van der Waals surface area (Å²) in [4.78, 5) is 56.4. The van der Waals surface area contributed by atoms with Crippen LogP contribution in [-0.4, -0.2) is 29.6 Å². The van der Waals surface area contributed by atoms with Crippen LogP contribution in [0.15, 0.2) is 0 Å². The molecule has 1 aromatic carbocycles. The van der Waals surface area contributed by atoms with E-state index in [-0.39, 0.29) is 0 Å². The minimum absolute atomic E-state index is 0.869. The van der Waals surface area contributed by atoms with E-state index in [1.54, 1.807) is 0 Å². The van der Waals surface area contributed by atoms with Crippen molar-refractivity contribution in [2.45, 2.75) is 0 Å². The van der Waals surface area contributed by atoms with Crippen LogP contribution in [0.1, 0.15) is 0 Å². The van der Waals surface area contributed by atoms with Crippen LogP contribution in [0.5, 0.6) is 0 Å². The number of hydrogen-bond acceptors (Lipinski definition) is 12. The Hall–Kier alpha value is -4.58. The molecule has 19 heteroatoms. The Labute approximate surface area is 131 Å². The molecule has 0 aliphatic carbocycles. The third kappa shape index (κ3) is 3.13. The number of hydrogen-bond donors (Lipinski definition) is 1. The van der Waals surface area contributed by atoms with Crippen LogP contribution in [0.3, 0.4) is 0 Å². The van der Waals surface area contributed by atoms with Crippen molar-refractivity contribution in [1.82, 2.24) is 0 Å². The van der Waals surface area contributed by atoms with Gasteiger partial charge in [0.15, 0.2) is 5.03 Å². The summed E-state index contributed by atoms with van der Waals surface area (Å²) in [5.41, 5.74) is -11.5. The average Bonchev–Trinajstić information content (AvgIpc) is 2.43. The van der Waals surface area contributed by atoms with Crippen LogP contribution < -0.4 is 5.43 Å². The molecule has 0 spiro atoms. The number of nitrogens with one attached hydrogen (secondary N) is 1. The molecule has 1 N–H and O–H groups in total. The second-order valence-electron chi connectivity index (χ2n) is 3.77. The zero-order valence-corrected chi connectivity index (χ0v) is 11.1. The summed E-state index contributed by atoms with van der Waals surface area (Å²) < 4.78 is 0. The van der Waals surface area contributed by atoms with Gasteiger partial charge >= 0.3 is 28.4 Å². The van der Waals surface area contributed by atoms with Gasteiger partial charge in [0.1, 0.15) is 0 Å². The monoisotopic (exact) mass is 363 g/mol. The van der Waals surface area contributed by atoms with Gasteiger partial charge in [0.25, 0.3) is 5.69 Å². The predicted octanol–water partition coefficient (Wildman–Crippen LogP) is 0.831. The maximum atomic E-state index is 11.0. The molecular weight excluding hydrogens is 362 g/mol. The first kappa shape index (κ1) is 18.5. The van der Waals surface area contributed by atoms with Gasteiger partial charge in [-0.1, -0.05) is 5.43 Å². The smallest absolute Gasteiger partial charge is 0.258 e. The highest BCUT2D eigenvalue weighted by Gasteiger charge is 2.55. The summed E-state index contributed by atoms with van der Waals surface area (Å²) in [5.74, 6) is 0. The maximum absolute atomic E-state index is 11.0. The van der Waals surface area contributed by atoms with E-state index in [1.807, 2.05) is 0 Å². The lowest BCUT2D eigenvalue weighted by Gasteiger charge is -2.04. The minimum atomic E-state index is -2.16. The molecule has 0 saturated heterocycles. The van der Waals surface area contributed by atoms with Crippen LogP contribution in [-0.2, 0) is 0 Å². The van der Waals surface area contributed by atoms with Crippen molar-refractivity contribution >= 4 is 34.1 Å². The molecule has 0 atom stereocenters. The summed E-state index contributed by atoms with van der Waals surface area (Å²) in [7, 11) is 0. The number of nitro groups is 6. The van der Waals surface area contributed by atoms with Crippen LogP contribution in [0.4, 0.5) is 34.1 Å². The number of nitrogens with zero attached hydrogens (tertiary/aromatic N) is 6. The van der Waals surface area contributed by atoms with Gasteiger partial charge < -0.3 is 0 Å². The largest absolute Gasteiger partial charge is 0.437 e. The molecule has 1 rings (SSSR count). The normalized spacial score (nSPS) is 9.92. The van der Waals surface area contributed by atoms with Crippen molar-refractivity contribution in [3.05, 3.63) is 60.7 Å². The summed E-state index contributed by atoms with van der Waals surface area (Å²) in [6.07, 6.45) is 0.